The van der Waals surface area contributed by atoms with Gasteiger partial charge in [0.25, 0.3) is 5.91 Å². The number of halogens is 3. The van der Waals surface area contributed by atoms with Gasteiger partial charge >= 0.3 is 6.18 Å². The van der Waals surface area contributed by atoms with Gasteiger partial charge < -0.3 is 4.57 Å². The number of alkyl halides is 3. The molecule has 3 rings (SSSR count). The lowest BCUT2D eigenvalue weighted by Gasteiger charge is -2.13. The summed E-state index contributed by atoms with van der Waals surface area (Å²) in [6, 6.07) is 14.1. The number of rotatable bonds is 4. The minimum atomic E-state index is -4.41. The van der Waals surface area contributed by atoms with Crippen molar-refractivity contribution in [2.45, 2.75) is 26.9 Å². The van der Waals surface area contributed by atoms with Gasteiger partial charge in [-0.25, -0.2) is 5.43 Å². The predicted octanol–water partition coefficient (Wildman–Crippen LogP) is 5.19. The van der Waals surface area contributed by atoms with Crippen molar-refractivity contribution in [3.63, 3.8) is 0 Å². The fourth-order valence-corrected chi connectivity index (χ4v) is 3.15. The van der Waals surface area contributed by atoms with Crippen LogP contribution >= 0.6 is 0 Å². The second-order valence-corrected chi connectivity index (χ2v) is 6.78. The summed E-state index contributed by atoms with van der Waals surface area (Å²) >= 11 is 0. The molecule has 1 amide bonds. The van der Waals surface area contributed by atoms with Crippen LogP contribution in [0.25, 0.3) is 5.69 Å². The van der Waals surface area contributed by atoms with Crippen molar-refractivity contribution < 1.29 is 18.0 Å². The molecule has 0 aliphatic rings. The Morgan fingerprint density at radius 1 is 1.03 bits per heavy atom. The maximum absolute atomic E-state index is 13.0. The first-order valence-electron chi connectivity index (χ1n) is 8.93. The number of nitrogens with zero attached hydrogens (tertiary/aromatic N) is 2. The van der Waals surface area contributed by atoms with Gasteiger partial charge in [0.1, 0.15) is 0 Å². The normalized spacial score (nSPS) is 11.8. The minimum absolute atomic E-state index is 0.336. The molecular weight excluding hydrogens is 379 g/mol. The third kappa shape index (κ3) is 4.56. The number of amides is 1. The Kier molecular flexibility index (Phi) is 5.59. The molecule has 1 N–H and O–H groups in total. The molecule has 7 heteroatoms. The summed E-state index contributed by atoms with van der Waals surface area (Å²) in [5, 5.41) is 4.00. The summed E-state index contributed by atoms with van der Waals surface area (Å²) < 4.78 is 40.8. The number of hydrogen-bond acceptors (Lipinski definition) is 2. The lowest BCUT2D eigenvalue weighted by molar-refractivity contribution is -0.137. The van der Waals surface area contributed by atoms with Crippen LogP contribution in [0.3, 0.4) is 0 Å². The molecule has 1 aromatic heterocycles. The molecule has 0 spiro atoms. The van der Waals surface area contributed by atoms with Crippen LogP contribution < -0.4 is 5.43 Å². The molecule has 0 radical (unpaired) electrons. The highest BCUT2D eigenvalue weighted by Gasteiger charge is 2.30. The predicted molar refractivity (Wildman–Crippen MR) is 106 cm³/mol. The summed E-state index contributed by atoms with van der Waals surface area (Å²) in [7, 11) is 0. The second kappa shape index (κ2) is 7.95. The highest BCUT2D eigenvalue weighted by Crippen LogP contribution is 2.31. The fourth-order valence-electron chi connectivity index (χ4n) is 3.15. The molecule has 4 nitrogen and oxygen atoms in total. The van der Waals surface area contributed by atoms with Crippen molar-refractivity contribution in [3.05, 3.63) is 88.2 Å². The summed E-state index contributed by atoms with van der Waals surface area (Å²) in [6.45, 7) is 5.48. The van der Waals surface area contributed by atoms with E-state index in [0.717, 1.165) is 29.1 Å². The quantitative estimate of drug-likeness (QED) is 0.477. The molecule has 0 bridgehead atoms. The molecule has 0 saturated carbocycles. The number of carbonyl (C=O) groups excluding carboxylic acids is 1. The number of aromatic nitrogens is 1. The van der Waals surface area contributed by atoms with Gasteiger partial charge in [0, 0.05) is 28.2 Å². The number of aryl methyl sites for hydroxylation is 2. The highest BCUT2D eigenvalue weighted by molar-refractivity contribution is 5.95. The van der Waals surface area contributed by atoms with Crippen molar-refractivity contribution >= 4 is 12.1 Å². The first kappa shape index (κ1) is 20.4. The molecule has 0 atom stereocenters. The van der Waals surface area contributed by atoms with Crippen LogP contribution in [0.15, 0.2) is 59.7 Å². The van der Waals surface area contributed by atoms with Crippen molar-refractivity contribution in [3.8, 4) is 5.69 Å². The smallest absolute Gasteiger partial charge is 0.318 e. The van der Waals surface area contributed by atoms with Crippen LogP contribution in [0.1, 0.15) is 38.4 Å². The number of nitrogens with one attached hydrogen (secondary N) is 1. The molecule has 0 aliphatic heterocycles. The minimum Gasteiger partial charge on any atom is -0.318 e. The van der Waals surface area contributed by atoms with Crippen LogP contribution in [-0.4, -0.2) is 16.7 Å². The molecular formula is C22H20F3N3O. The van der Waals surface area contributed by atoms with Gasteiger partial charge in [-0.15, -0.1) is 0 Å². The summed E-state index contributed by atoms with van der Waals surface area (Å²) in [5.41, 5.74) is 5.82. The zero-order valence-corrected chi connectivity index (χ0v) is 16.2. The molecule has 3 aromatic rings. The Hall–Kier alpha value is -3.35. The van der Waals surface area contributed by atoms with Crippen LogP contribution in [0.4, 0.5) is 13.2 Å². The van der Waals surface area contributed by atoms with E-state index in [1.54, 1.807) is 48.7 Å². The second-order valence-electron chi connectivity index (χ2n) is 6.78. The maximum Gasteiger partial charge on any atom is 0.416 e. The fraction of sp³-hybridized carbons (Fsp3) is 0.182. The Labute approximate surface area is 166 Å². The van der Waals surface area contributed by atoms with Crippen LogP contribution in [0.5, 0.6) is 0 Å². The molecule has 0 fully saturated rings. The molecule has 2 aromatic carbocycles. The van der Waals surface area contributed by atoms with E-state index in [2.05, 4.69) is 10.5 Å². The summed E-state index contributed by atoms with van der Waals surface area (Å²) in [5.74, 6) is -0.336. The first-order valence-corrected chi connectivity index (χ1v) is 8.93. The number of hydrogen-bond donors (Lipinski definition) is 1. The largest absolute Gasteiger partial charge is 0.416 e. The average Bonchev–Trinajstić information content (AvgIpc) is 2.94. The Bertz CT molecular complexity index is 1080. The van der Waals surface area contributed by atoms with Gasteiger partial charge in [0.2, 0.25) is 0 Å². The molecule has 150 valence electrons. The third-order valence-electron chi connectivity index (χ3n) is 4.55. The monoisotopic (exact) mass is 399 g/mol. The van der Waals surface area contributed by atoms with E-state index in [0.29, 0.717) is 16.8 Å². The van der Waals surface area contributed by atoms with Crippen molar-refractivity contribution in [1.82, 2.24) is 9.99 Å². The van der Waals surface area contributed by atoms with E-state index >= 15 is 0 Å². The zero-order valence-electron chi connectivity index (χ0n) is 16.2. The van der Waals surface area contributed by atoms with Gasteiger partial charge in [-0.05, 0) is 57.2 Å². The maximum atomic E-state index is 13.0. The first-order chi connectivity index (χ1) is 13.7. The van der Waals surface area contributed by atoms with Crippen LogP contribution in [-0.2, 0) is 6.18 Å². The van der Waals surface area contributed by atoms with Crippen LogP contribution in [0, 0.1) is 20.8 Å². The standard InChI is InChI=1S/C22H20F3N3O/c1-14-6-4-7-17(10-14)21(29)27-26-13-18-11-15(2)28(16(18)3)20-9-5-8-19(12-20)22(23,24)25/h4-13H,1-3H3,(H,27,29)/b26-13+. The number of carbonyl (C=O) groups is 1. The topological polar surface area (TPSA) is 46.4 Å². The summed E-state index contributed by atoms with van der Waals surface area (Å²) in [4.78, 5) is 12.2. The molecule has 0 unspecified atom stereocenters. The lowest BCUT2D eigenvalue weighted by Crippen LogP contribution is -2.17. The lowest BCUT2D eigenvalue weighted by atomic mass is 10.1. The average molecular weight is 399 g/mol. The van der Waals surface area contributed by atoms with E-state index in [1.165, 1.54) is 12.3 Å². The van der Waals surface area contributed by atoms with Crippen molar-refractivity contribution in [2.75, 3.05) is 0 Å². The molecule has 29 heavy (non-hydrogen) atoms. The van der Waals surface area contributed by atoms with E-state index in [1.807, 2.05) is 13.0 Å². The van der Waals surface area contributed by atoms with E-state index in [9.17, 15) is 18.0 Å². The van der Waals surface area contributed by atoms with Gasteiger partial charge in [-0.2, -0.15) is 18.3 Å². The van der Waals surface area contributed by atoms with Crippen LogP contribution in [0.2, 0.25) is 0 Å². The number of benzene rings is 2. The molecule has 0 aliphatic carbocycles. The molecule has 0 saturated heterocycles. The highest BCUT2D eigenvalue weighted by atomic mass is 19.4. The Balaban J connectivity index is 1.83. The SMILES string of the molecule is Cc1cccc(C(=O)N/N=C/c2cc(C)n(-c3cccc(C(F)(F)F)c3)c2C)c1. The van der Waals surface area contributed by atoms with Crippen molar-refractivity contribution in [1.29, 1.82) is 0 Å². The Morgan fingerprint density at radius 2 is 1.76 bits per heavy atom. The van der Waals surface area contributed by atoms with Gasteiger partial charge in [-0.1, -0.05) is 23.8 Å². The van der Waals surface area contributed by atoms with E-state index < -0.39 is 11.7 Å². The van der Waals surface area contributed by atoms with Crippen molar-refractivity contribution in [2.24, 2.45) is 5.10 Å². The van der Waals surface area contributed by atoms with E-state index in [-0.39, 0.29) is 5.91 Å². The van der Waals surface area contributed by atoms with E-state index in [4.69, 9.17) is 0 Å². The zero-order chi connectivity index (χ0) is 21.2. The van der Waals surface area contributed by atoms with Gasteiger partial charge in [0.15, 0.2) is 0 Å². The van der Waals surface area contributed by atoms with Gasteiger partial charge in [-0.3, -0.25) is 4.79 Å². The van der Waals surface area contributed by atoms with Gasteiger partial charge in [0.05, 0.1) is 11.8 Å². The third-order valence-corrected chi connectivity index (χ3v) is 4.55. The summed E-state index contributed by atoms with van der Waals surface area (Å²) in [6.07, 6.45) is -2.92. The number of hydrazone groups is 1. The molecule has 1 heterocycles. The Morgan fingerprint density at radius 3 is 2.45 bits per heavy atom.